The third-order valence-electron chi connectivity index (χ3n) is 13.1. The van der Waals surface area contributed by atoms with Gasteiger partial charge in [0.1, 0.15) is 30.2 Å². The van der Waals surface area contributed by atoms with Gasteiger partial charge in [-0.1, -0.05) is 188 Å². The number of hydrogen-bond acceptors (Lipinski definition) is 7. The summed E-state index contributed by atoms with van der Waals surface area (Å²) in [6, 6.07) is 66.7. The number of halogens is 3. The lowest BCUT2D eigenvalue weighted by Gasteiger charge is -2.40. The van der Waals surface area contributed by atoms with E-state index < -0.39 is 29.5 Å². The number of amidine groups is 2. The van der Waals surface area contributed by atoms with E-state index >= 15 is 0 Å². The number of nitrogens with zero attached hydrogens (tertiary/aromatic N) is 3. The van der Waals surface area contributed by atoms with E-state index in [1.165, 1.54) is 28.8 Å². The second-order valence-electron chi connectivity index (χ2n) is 17.0. The van der Waals surface area contributed by atoms with Crippen LogP contribution in [0, 0.1) is 0 Å². The minimum Gasteiger partial charge on any atom is -0.350 e. The zero-order chi connectivity index (χ0) is 44.4. The summed E-state index contributed by atoms with van der Waals surface area (Å²) in [5.41, 5.74) is 14.7. The molecular formula is C56H41F3N6S. The minimum absolute atomic E-state index is 0.250. The topological polar surface area (TPSA) is 64.0 Å². The van der Waals surface area contributed by atoms with Crippen molar-refractivity contribution in [2.45, 2.75) is 46.4 Å². The van der Waals surface area contributed by atoms with E-state index in [1.54, 1.807) is 17.8 Å². The molecule has 3 N–H and O–H groups in total. The maximum Gasteiger partial charge on any atom is 0.416 e. The van der Waals surface area contributed by atoms with Crippen molar-refractivity contribution < 1.29 is 13.2 Å². The van der Waals surface area contributed by atoms with Crippen LogP contribution in [0.4, 0.5) is 13.2 Å². The minimum atomic E-state index is -4.49. The van der Waals surface area contributed by atoms with E-state index in [2.05, 4.69) is 155 Å². The number of aliphatic imine (C=N–C) groups is 2. The predicted octanol–water partition coefficient (Wildman–Crippen LogP) is 12.3. The molecule has 0 bridgehead atoms. The zero-order valence-electron chi connectivity index (χ0n) is 35.4. The summed E-state index contributed by atoms with van der Waals surface area (Å²) in [5.74, 6) is 1.39. The number of hydrazine groups is 1. The molecule has 1 aliphatic carbocycles. The lowest BCUT2D eigenvalue weighted by molar-refractivity contribution is -0.137. The smallest absolute Gasteiger partial charge is 0.350 e. The molecule has 12 rings (SSSR count). The third kappa shape index (κ3) is 6.74. The number of fused-ring (bicyclic) bond motifs is 9. The molecule has 0 fully saturated rings. The maximum atomic E-state index is 14.1. The molecule has 10 heteroatoms. The molecular weight excluding hydrogens is 846 g/mol. The van der Waals surface area contributed by atoms with Crippen LogP contribution in [0.2, 0.25) is 0 Å². The van der Waals surface area contributed by atoms with Gasteiger partial charge in [-0.2, -0.15) is 18.2 Å². The summed E-state index contributed by atoms with van der Waals surface area (Å²) in [7, 11) is 0. The lowest BCUT2D eigenvalue weighted by Crippen LogP contribution is -2.45. The molecule has 3 aliphatic heterocycles. The van der Waals surface area contributed by atoms with Crippen molar-refractivity contribution in [3.05, 3.63) is 261 Å². The highest BCUT2D eigenvalue weighted by Crippen LogP contribution is 2.62. The van der Waals surface area contributed by atoms with Crippen molar-refractivity contribution in [1.29, 1.82) is 0 Å². The predicted molar refractivity (Wildman–Crippen MR) is 255 cm³/mol. The molecule has 1 spiro atoms. The van der Waals surface area contributed by atoms with Crippen LogP contribution in [-0.2, 0) is 18.1 Å². The van der Waals surface area contributed by atoms with Crippen LogP contribution in [0.5, 0.6) is 0 Å². The van der Waals surface area contributed by atoms with Gasteiger partial charge in [0.05, 0.1) is 11.0 Å². The molecule has 66 heavy (non-hydrogen) atoms. The summed E-state index contributed by atoms with van der Waals surface area (Å²) in [6.45, 7) is 0.652. The maximum absolute atomic E-state index is 14.1. The van der Waals surface area contributed by atoms with Crippen molar-refractivity contribution in [1.82, 2.24) is 21.1 Å². The Morgan fingerprint density at radius 3 is 1.97 bits per heavy atom. The van der Waals surface area contributed by atoms with Gasteiger partial charge in [0.2, 0.25) is 0 Å². The fourth-order valence-corrected chi connectivity index (χ4v) is 11.5. The first-order valence-corrected chi connectivity index (χ1v) is 22.8. The Morgan fingerprint density at radius 1 is 0.545 bits per heavy atom. The molecule has 0 radical (unpaired) electrons. The molecule has 4 aliphatic rings. The second kappa shape index (κ2) is 16.0. The Bertz CT molecular complexity index is 3210. The van der Waals surface area contributed by atoms with Gasteiger partial charge in [0.15, 0.2) is 0 Å². The molecule has 0 amide bonds. The zero-order valence-corrected chi connectivity index (χ0v) is 36.2. The van der Waals surface area contributed by atoms with Crippen molar-refractivity contribution in [3.63, 3.8) is 0 Å². The summed E-state index contributed by atoms with van der Waals surface area (Å²) in [4.78, 5) is 12.9. The number of rotatable bonds is 7. The largest absolute Gasteiger partial charge is 0.416 e. The van der Waals surface area contributed by atoms with E-state index in [0.29, 0.717) is 17.9 Å². The lowest BCUT2D eigenvalue weighted by atomic mass is 9.67. The van der Waals surface area contributed by atoms with E-state index in [0.717, 1.165) is 66.2 Å². The number of hydrogen-bond donors (Lipinski definition) is 3. The van der Waals surface area contributed by atoms with Gasteiger partial charge >= 0.3 is 6.18 Å². The molecule has 0 saturated carbocycles. The van der Waals surface area contributed by atoms with Crippen LogP contribution in [-0.4, -0.2) is 16.7 Å². The number of alkyl halides is 3. The molecule has 0 aromatic heterocycles. The average molecular weight is 887 g/mol. The Balaban J connectivity index is 1.03. The van der Waals surface area contributed by atoms with E-state index in [1.807, 2.05) is 42.5 Å². The molecule has 6 nitrogen and oxygen atoms in total. The van der Waals surface area contributed by atoms with E-state index in [9.17, 15) is 13.2 Å². The van der Waals surface area contributed by atoms with Crippen LogP contribution < -0.4 is 16.1 Å². The SMILES string of the molecule is FC(F)(F)c1cccc(C2N=C(c3ccc4c(c3)C3(c5ccccc5Sc5c(C6=NC(c7ccccc7)N(Cc7ccccc7)N6)cccc53)c3ccccc3-4)NC(c3ccccc3)N2)c1. The highest BCUT2D eigenvalue weighted by molar-refractivity contribution is 7.99. The van der Waals surface area contributed by atoms with Crippen LogP contribution in [0.25, 0.3) is 11.1 Å². The van der Waals surface area contributed by atoms with E-state index in [-0.39, 0.29) is 6.17 Å². The van der Waals surface area contributed by atoms with Crippen LogP contribution in [0.3, 0.4) is 0 Å². The quantitative estimate of drug-likeness (QED) is 0.149. The van der Waals surface area contributed by atoms with Gasteiger partial charge < -0.3 is 10.7 Å². The first-order chi connectivity index (χ1) is 32.3. The molecule has 3 heterocycles. The normalized spacial score (nSPS) is 20.6. The summed E-state index contributed by atoms with van der Waals surface area (Å²) in [5, 5.41) is 9.34. The van der Waals surface area contributed by atoms with Gasteiger partial charge in [-0.15, -0.1) is 0 Å². The van der Waals surface area contributed by atoms with Gasteiger partial charge in [-0.25, -0.2) is 9.98 Å². The van der Waals surface area contributed by atoms with Crippen molar-refractivity contribution >= 4 is 23.4 Å². The van der Waals surface area contributed by atoms with Crippen LogP contribution >= 0.6 is 11.8 Å². The Hall–Kier alpha value is -7.24. The van der Waals surface area contributed by atoms with Crippen molar-refractivity contribution in [2.24, 2.45) is 9.98 Å². The van der Waals surface area contributed by atoms with Crippen molar-refractivity contribution in [3.8, 4) is 11.1 Å². The summed E-state index contributed by atoms with van der Waals surface area (Å²) in [6.07, 6.45) is -5.94. The average Bonchev–Trinajstić information content (AvgIpc) is 3.91. The first kappa shape index (κ1) is 40.3. The van der Waals surface area contributed by atoms with Crippen LogP contribution in [0.15, 0.2) is 220 Å². The Labute approximate surface area is 385 Å². The first-order valence-electron chi connectivity index (χ1n) is 22.0. The van der Waals surface area contributed by atoms with Crippen molar-refractivity contribution in [2.75, 3.05) is 0 Å². The highest BCUT2D eigenvalue weighted by atomic mass is 32.2. The molecule has 8 aromatic rings. The fraction of sp³-hybridized carbons (Fsp3) is 0.107. The Kier molecular flexibility index (Phi) is 9.78. The van der Waals surface area contributed by atoms with Crippen LogP contribution in [0.1, 0.15) is 79.7 Å². The molecule has 8 aromatic carbocycles. The summed E-state index contributed by atoms with van der Waals surface area (Å²) < 4.78 is 42.2. The fourth-order valence-electron chi connectivity index (χ4n) is 10.2. The standard InChI is InChI=1S/C56H41F3N6S/c57-56(58,59)40-23-14-22-38(32-40)51-60-50(36-18-6-2-7-19-36)61-52(62-51)39-30-31-42-41-24-10-11-26-44(41)55(47(42)33-39)45-27-12-13-29-48(45)66-49-43(25-15-28-46(49)55)53-63-54(37-20-8-3-9-21-37)65(64-53)34-35-16-4-1-5-17-35/h1-33,50-51,54,60H,34H2,(H,61,62)(H,63,64). The second-order valence-corrected chi connectivity index (χ2v) is 18.0. The summed E-state index contributed by atoms with van der Waals surface area (Å²) >= 11 is 1.78. The highest BCUT2D eigenvalue weighted by Gasteiger charge is 2.51. The monoisotopic (exact) mass is 886 g/mol. The molecule has 322 valence electrons. The third-order valence-corrected chi connectivity index (χ3v) is 14.3. The molecule has 0 saturated heterocycles. The Morgan fingerprint density at radius 2 is 1.18 bits per heavy atom. The van der Waals surface area contributed by atoms with Gasteiger partial charge in [-0.3, -0.25) is 5.32 Å². The molecule has 4 unspecified atom stereocenters. The number of nitrogens with one attached hydrogen (secondary N) is 3. The molecule has 4 atom stereocenters. The van der Waals surface area contributed by atoms with E-state index in [4.69, 9.17) is 9.98 Å². The van der Waals surface area contributed by atoms with Gasteiger partial charge in [0, 0.05) is 27.5 Å². The number of benzene rings is 8. The van der Waals surface area contributed by atoms with Gasteiger partial charge in [-0.05, 0) is 79.9 Å². The van der Waals surface area contributed by atoms with Gasteiger partial charge in [0.25, 0.3) is 0 Å².